The molecule has 1 fully saturated rings. The number of hydrogen-bond acceptors (Lipinski definition) is 7. The van der Waals surface area contributed by atoms with Gasteiger partial charge in [-0.25, -0.2) is 22.8 Å². The van der Waals surface area contributed by atoms with E-state index in [0.29, 0.717) is 28.3 Å². The van der Waals surface area contributed by atoms with Gasteiger partial charge in [0.15, 0.2) is 0 Å². The highest BCUT2D eigenvalue weighted by atomic mass is 32.2. The number of amides is 1. The molecule has 3 aromatic rings. The number of carbonyl (C=O) groups is 1. The fourth-order valence-corrected chi connectivity index (χ4v) is 4.39. The Morgan fingerprint density at radius 2 is 1.97 bits per heavy atom. The van der Waals surface area contributed by atoms with Crippen molar-refractivity contribution in [2.24, 2.45) is 0 Å². The van der Waals surface area contributed by atoms with Crippen molar-refractivity contribution in [1.82, 2.24) is 15.0 Å². The summed E-state index contributed by atoms with van der Waals surface area (Å²) in [4.78, 5) is 27.3. The Morgan fingerprint density at radius 3 is 2.66 bits per heavy atom. The monoisotopic (exact) mass is 454 g/mol. The molecule has 0 N–H and O–H groups in total. The standard InChI is InChI=1S/C22H19FN4O4S/c1-31-17-5-3-4-15(23)19(17)20-14-11-27(21(28)13(14)8-9-24-20)18-10-16(12-6-7-12)25-22(26-18)32(2,29)30/h3-5,8-10,12H,6-7,11H2,1-2H3. The van der Waals surface area contributed by atoms with Gasteiger partial charge in [-0.2, -0.15) is 0 Å². The molecule has 10 heteroatoms. The summed E-state index contributed by atoms with van der Waals surface area (Å²) >= 11 is 0. The number of methoxy groups -OCH3 is 1. The largest absolute Gasteiger partial charge is 0.496 e. The Balaban J connectivity index is 1.63. The molecule has 0 radical (unpaired) electrons. The maximum absolute atomic E-state index is 14.7. The fraction of sp³-hybridized carbons (Fsp3) is 0.273. The summed E-state index contributed by atoms with van der Waals surface area (Å²) in [7, 11) is -2.24. The molecule has 1 saturated carbocycles. The first-order chi connectivity index (χ1) is 15.3. The van der Waals surface area contributed by atoms with E-state index in [1.807, 2.05) is 0 Å². The Bertz CT molecular complexity index is 1370. The molecule has 1 amide bonds. The highest BCUT2D eigenvalue weighted by Gasteiger charge is 2.35. The van der Waals surface area contributed by atoms with E-state index >= 15 is 0 Å². The number of halogens is 1. The molecule has 0 saturated heterocycles. The highest BCUT2D eigenvalue weighted by Crippen LogP contribution is 2.42. The van der Waals surface area contributed by atoms with E-state index in [0.717, 1.165) is 19.1 Å². The smallest absolute Gasteiger partial charge is 0.260 e. The Hall–Kier alpha value is -3.40. The van der Waals surface area contributed by atoms with Gasteiger partial charge in [0.2, 0.25) is 15.0 Å². The third-order valence-electron chi connectivity index (χ3n) is 5.60. The van der Waals surface area contributed by atoms with Crippen LogP contribution >= 0.6 is 0 Å². The van der Waals surface area contributed by atoms with Crippen LogP contribution in [0.4, 0.5) is 10.2 Å². The Labute approximate surface area is 184 Å². The zero-order valence-electron chi connectivity index (χ0n) is 17.4. The van der Waals surface area contributed by atoms with Crippen LogP contribution < -0.4 is 9.64 Å². The Kier molecular flexibility index (Phi) is 4.70. The minimum absolute atomic E-state index is 0.0686. The van der Waals surface area contributed by atoms with Crippen molar-refractivity contribution in [3.05, 3.63) is 59.2 Å². The van der Waals surface area contributed by atoms with Gasteiger partial charge in [0.1, 0.15) is 17.4 Å². The molecule has 1 aliphatic heterocycles. The number of rotatable bonds is 5. The number of sulfone groups is 1. The number of anilines is 1. The summed E-state index contributed by atoms with van der Waals surface area (Å²) in [6.45, 7) is 0.0686. The lowest BCUT2D eigenvalue weighted by molar-refractivity contribution is 0.0995. The van der Waals surface area contributed by atoms with Crippen LogP contribution in [0.3, 0.4) is 0 Å². The van der Waals surface area contributed by atoms with Crippen LogP contribution in [0.5, 0.6) is 5.75 Å². The van der Waals surface area contributed by atoms with Gasteiger partial charge in [-0.15, -0.1) is 0 Å². The average molecular weight is 454 g/mol. The topological polar surface area (TPSA) is 102 Å². The minimum atomic E-state index is -3.67. The van der Waals surface area contributed by atoms with Crippen molar-refractivity contribution < 1.29 is 22.3 Å². The maximum atomic E-state index is 14.7. The molecule has 0 unspecified atom stereocenters. The molecular weight excluding hydrogens is 435 g/mol. The summed E-state index contributed by atoms with van der Waals surface area (Å²) in [6, 6.07) is 7.68. The lowest BCUT2D eigenvalue weighted by Crippen LogP contribution is -2.25. The summed E-state index contributed by atoms with van der Waals surface area (Å²) in [5.41, 5.74) is 1.95. The van der Waals surface area contributed by atoms with Crippen LogP contribution in [0.15, 0.2) is 41.7 Å². The minimum Gasteiger partial charge on any atom is -0.496 e. The normalized spacial score (nSPS) is 15.7. The number of hydrogen-bond donors (Lipinski definition) is 0. The van der Waals surface area contributed by atoms with Gasteiger partial charge in [-0.1, -0.05) is 6.07 Å². The van der Waals surface area contributed by atoms with Gasteiger partial charge in [-0.3, -0.25) is 14.7 Å². The highest BCUT2D eigenvalue weighted by molar-refractivity contribution is 7.90. The number of benzene rings is 1. The predicted octanol–water partition coefficient (Wildman–Crippen LogP) is 3.13. The van der Waals surface area contributed by atoms with E-state index in [1.165, 1.54) is 30.3 Å². The molecule has 2 aromatic heterocycles. The van der Waals surface area contributed by atoms with E-state index in [2.05, 4.69) is 15.0 Å². The van der Waals surface area contributed by atoms with Crippen molar-refractivity contribution in [1.29, 1.82) is 0 Å². The fourth-order valence-electron chi connectivity index (χ4n) is 3.86. The third kappa shape index (κ3) is 3.40. The molecule has 0 bridgehead atoms. The molecule has 0 atom stereocenters. The van der Waals surface area contributed by atoms with E-state index in [1.54, 1.807) is 18.2 Å². The average Bonchev–Trinajstić information content (AvgIpc) is 3.56. The number of ether oxygens (including phenoxy) is 1. The van der Waals surface area contributed by atoms with Crippen molar-refractivity contribution in [2.45, 2.75) is 30.5 Å². The van der Waals surface area contributed by atoms with E-state index in [9.17, 15) is 17.6 Å². The lowest BCUT2D eigenvalue weighted by Gasteiger charge is -2.16. The SMILES string of the molecule is COc1cccc(F)c1-c1nccc2c1CN(c1cc(C3CC3)nc(S(C)(=O)=O)n1)C2=O. The van der Waals surface area contributed by atoms with Crippen molar-refractivity contribution >= 4 is 21.6 Å². The first kappa shape index (κ1) is 20.5. The summed E-state index contributed by atoms with van der Waals surface area (Å²) < 4.78 is 44.3. The number of fused-ring (bicyclic) bond motifs is 1. The van der Waals surface area contributed by atoms with Crippen LogP contribution in [0.2, 0.25) is 0 Å². The third-order valence-corrected chi connectivity index (χ3v) is 6.44. The zero-order chi connectivity index (χ0) is 22.6. The molecule has 0 spiro atoms. The molecule has 2 aliphatic rings. The first-order valence-electron chi connectivity index (χ1n) is 9.99. The summed E-state index contributed by atoms with van der Waals surface area (Å²) in [5, 5.41) is -0.310. The lowest BCUT2D eigenvalue weighted by atomic mass is 10.0. The van der Waals surface area contributed by atoms with Gasteiger partial charge in [-0.05, 0) is 31.0 Å². The van der Waals surface area contributed by atoms with Gasteiger partial charge in [0.05, 0.1) is 30.6 Å². The Morgan fingerprint density at radius 1 is 1.19 bits per heavy atom. The van der Waals surface area contributed by atoms with E-state index < -0.39 is 15.7 Å². The summed E-state index contributed by atoms with van der Waals surface area (Å²) in [6.07, 6.45) is 4.30. The molecule has 32 heavy (non-hydrogen) atoms. The maximum Gasteiger partial charge on any atom is 0.260 e. The van der Waals surface area contributed by atoms with Crippen LogP contribution in [-0.4, -0.2) is 42.6 Å². The van der Waals surface area contributed by atoms with Crippen molar-refractivity contribution in [3.63, 3.8) is 0 Å². The second-order valence-corrected chi connectivity index (χ2v) is 9.78. The molecule has 8 nitrogen and oxygen atoms in total. The second kappa shape index (κ2) is 7.33. The zero-order valence-corrected chi connectivity index (χ0v) is 18.2. The molecule has 164 valence electrons. The van der Waals surface area contributed by atoms with Crippen LogP contribution in [-0.2, 0) is 16.4 Å². The molecule has 1 aliphatic carbocycles. The number of nitrogens with zero attached hydrogens (tertiary/aromatic N) is 4. The van der Waals surface area contributed by atoms with Gasteiger partial charge in [0, 0.05) is 35.6 Å². The number of carbonyl (C=O) groups excluding carboxylic acids is 1. The first-order valence-corrected chi connectivity index (χ1v) is 11.9. The van der Waals surface area contributed by atoms with E-state index in [4.69, 9.17) is 4.74 Å². The van der Waals surface area contributed by atoms with Crippen molar-refractivity contribution in [3.8, 4) is 17.0 Å². The van der Waals surface area contributed by atoms with Gasteiger partial charge < -0.3 is 4.74 Å². The predicted molar refractivity (Wildman–Crippen MR) is 114 cm³/mol. The number of pyridine rings is 1. The van der Waals surface area contributed by atoms with Gasteiger partial charge in [0.25, 0.3) is 5.91 Å². The van der Waals surface area contributed by atoms with Crippen LogP contribution in [0.1, 0.15) is 40.4 Å². The number of aromatic nitrogens is 3. The quantitative estimate of drug-likeness (QED) is 0.546. The second-order valence-electron chi connectivity index (χ2n) is 7.87. The molecule has 1 aromatic carbocycles. The van der Waals surface area contributed by atoms with Crippen LogP contribution in [0, 0.1) is 5.82 Å². The van der Waals surface area contributed by atoms with E-state index in [-0.39, 0.29) is 34.9 Å². The van der Waals surface area contributed by atoms with Crippen LogP contribution in [0.25, 0.3) is 11.3 Å². The molecular formula is C22H19FN4O4S. The molecule has 5 rings (SSSR count). The molecule has 3 heterocycles. The van der Waals surface area contributed by atoms with Gasteiger partial charge >= 0.3 is 0 Å². The van der Waals surface area contributed by atoms with Crippen molar-refractivity contribution in [2.75, 3.05) is 18.3 Å². The summed E-state index contributed by atoms with van der Waals surface area (Å²) in [5.74, 6) is -0.214.